The van der Waals surface area contributed by atoms with Gasteiger partial charge in [-0.3, -0.25) is 0 Å². The fourth-order valence-electron chi connectivity index (χ4n) is 1.67. The van der Waals surface area contributed by atoms with E-state index < -0.39 is 0 Å². The Balaban J connectivity index is 1.98. The summed E-state index contributed by atoms with van der Waals surface area (Å²) in [5, 5.41) is 6.41. The molecule has 118 valence electrons. The van der Waals surface area contributed by atoms with Gasteiger partial charge in [-0.05, 0) is 18.2 Å². The number of hydrogen-bond donors (Lipinski definition) is 2. The van der Waals surface area contributed by atoms with Gasteiger partial charge in [0.1, 0.15) is 5.75 Å². The van der Waals surface area contributed by atoms with E-state index in [4.69, 9.17) is 22.1 Å². The number of nitrogens with two attached hydrogens (primary N) is 1. The van der Waals surface area contributed by atoms with Crippen LogP contribution >= 0.6 is 22.9 Å². The Labute approximate surface area is 138 Å². The van der Waals surface area contributed by atoms with Crippen LogP contribution in [0.3, 0.4) is 0 Å². The monoisotopic (exact) mass is 339 g/mol. The number of nitrogens with zero attached hydrogens (tertiary/aromatic N) is 3. The predicted octanol–water partition coefficient (Wildman–Crippen LogP) is 2.80. The van der Waals surface area contributed by atoms with Gasteiger partial charge in [0, 0.05) is 25.2 Å². The number of halogens is 1. The van der Waals surface area contributed by atoms with Crippen molar-refractivity contribution in [3.8, 4) is 5.75 Å². The molecule has 0 amide bonds. The van der Waals surface area contributed by atoms with E-state index >= 15 is 0 Å². The molecule has 0 bridgehead atoms. The molecule has 6 nitrogen and oxygen atoms in total. The molecule has 0 atom stereocenters. The average Bonchev–Trinajstić information content (AvgIpc) is 2.94. The largest absolute Gasteiger partial charge is 0.495 e. The molecular weight excluding hydrogens is 322 g/mol. The number of aromatic nitrogens is 1. The maximum atomic E-state index is 6.06. The summed E-state index contributed by atoms with van der Waals surface area (Å²) in [5.41, 5.74) is 7.50. The van der Waals surface area contributed by atoms with Gasteiger partial charge in [0.05, 0.1) is 24.4 Å². The molecule has 0 fully saturated rings. The van der Waals surface area contributed by atoms with Crippen LogP contribution in [0.4, 0.5) is 10.8 Å². The summed E-state index contributed by atoms with van der Waals surface area (Å²) in [5.74, 6) is 0.919. The maximum Gasteiger partial charge on any atom is 0.193 e. The van der Waals surface area contributed by atoms with Crippen molar-refractivity contribution in [3.05, 3.63) is 34.3 Å². The second-order valence-electron chi connectivity index (χ2n) is 4.69. The predicted molar refractivity (Wildman–Crippen MR) is 93.4 cm³/mol. The molecule has 1 heterocycles. The molecule has 0 aliphatic heterocycles. The molecular formula is C14H18ClN5OS. The smallest absolute Gasteiger partial charge is 0.193 e. The number of guanidine groups is 1. The lowest BCUT2D eigenvalue weighted by Crippen LogP contribution is -2.22. The third kappa shape index (κ3) is 4.25. The molecule has 1 aromatic carbocycles. The minimum atomic E-state index is 0.306. The van der Waals surface area contributed by atoms with Crippen molar-refractivity contribution in [2.75, 3.05) is 31.4 Å². The minimum Gasteiger partial charge on any atom is -0.495 e. The molecule has 22 heavy (non-hydrogen) atoms. The maximum absolute atomic E-state index is 6.06. The number of thiazole rings is 1. The van der Waals surface area contributed by atoms with E-state index in [0.717, 1.165) is 16.5 Å². The normalized spacial score (nSPS) is 11.4. The summed E-state index contributed by atoms with van der Waals surface area (Å²) in [6, 6.07) is 5.32. The van der Waals surface area contributed by atoms with E-state index in [9.17, 15) is 0 Å². The molecule has 0 saturated carbocycles. The van der Waals surface area contributed by atoms with Gasteiger partial charge in [-0.1, -0.05) is 11.6 Å². The zero-order valence-corrected chi connectivity index (χ0v) is 14.2. The van der Waals surface area contributed by atoms with Gasteiger partial charge in [0.15, 0.2) is 11.1 Å². The van der Waals surface area contributed by atoms with E-state index in [1.54, 1.807) is 30.6 Å². The van der Waals surface area contributed by atoms with E-state index in [1.807, 2.05) is 30.4 Å². The highest BCUT2D eigenvalue weighted by molar-refractivity contribution is 7.13. The molecule has 1 aromatic heterocycles. The molecule has 0 radical (unpaired) electrons. The van der Waals surface area contributed by atoms with Crippen molar-refractivity contribution in [1.82, 2.24) is 4.98 Å². The number of methoxy groups -OCH3 is 1. The number of hydrogen-bond acceptors (Lipinski definition) is 5. The number of rotatable bonds is 5. The molecule has 2 rings (SSSR count). The first-order valence-corrected chi connectivity index (χ1v) is 7.77. The van der Waals surface area contributed by atoms with Crippen molar-refractivity contribution < 1.29 is 4.74 Å². The van der Waals surface area contributed by atoms with Crippen LogP contribution in [0, 0.1) is 0 Å². The topological polar surface area (TPSA) is 75.8 Å². The van der Waals surface area contributed by atoms with Crippen LogP contribution in [0.2, 0.25) is 5.02 Å². The van der Waals surface area contributed by atoms with Crippen LogP contribution in [-0.2, 0) is 6.54 Å². The SMILES string of the molecule is COc1ccc(NC(N)=NCc2csc(N(C)C)n2)cc1Cl. The standard InChI is InChI=1S/C14H18ClN5OS/c1-20(2)14-19-10(8-22-14)7-17-13(16)18-9-4-5-12(21-3)11(15)6-9/h4-6,8H,7H2,1-3H3,(H3,16,17,18). The van der Waals surface area contributed by atoms with Crippen LogP contribution in [0.1, 0.15) is 5.69 Å². The van der Waals surface area contributed by atoms with E-state index in [2.05, 4.69) is 15.3 Å². The second kappa shape index (κ2) is 7.33. The lowest BCUT2D eigenvalue weighted by Gasteiger charge is -2.08. The number of anilines is 2. The Bertz CT molecular complexity index is 671. The third-order valence-corrected chi connectivity index (χ3v) is 4.11. The van der Waals surface area contributed by atoms with Gasteiger partial charge in [-0.15, -0.1) is 11.3 Å². The van der Waals surface area contributed by atoms with Crippen LogP contribution in [-0.4, -0.2) is 32.1 Å². The summed E-state index contributed by atoms with van der Waals surface area (Å²) in [6.45, 7) is 0.424. The first kappa shape index (κ1) is 16.4. The Morgan fingerprint density at radius 2 is 2.27 bits per heavy atom. The molecule has 0 spiro atoms. The lowest BCUT2D eigenvalue weighted by atomic mass is 10.3. The van der Waals surface area contributed by atoms with Crippen LogP contribution in [0.5, 0.6) is 5.75 Å². The van der Waals surface area contributed by atoms with Gasteiger partial charge in [0.2, 0.25) is 0 Å². The Kier molecular flexibility index (Phi) is 5.46. The summed E-state index contributed by atoms with van der Waals surface area (Å²) in [6.07, 6.45) is 0. The van der Waals surface area contributed by atoms with Crippen molar-refractivity contribution in [2.24, 2.45) is 10.7 Å². The van der Waals surface area contributed by atoms with Gasteiger partial charge >= 0.3 is 0 Å². The van der Waals surface area contributed by atoms with E-state index in [0.29, 0.717) is 23.3 Å². The van der Waals surface area contributed by atoms with Crippen molar-refractivity contribution in [3.63, 3.8) is 0 Å². The van der Waals surface area contributed by atoms with Crippen molar-refractivity contribution in [1.29, 1.82) is 0 Å². The van der Waals surface area contributed by atoms with Gasteiger partial charge in [-0.2, -0.15) is 0 Å². The first-order valence-electron chi connectivity index (χ1n) is 6.52. The molecule has 0 aliphatic carbocycles. The molecule has 0 aliphatic rings. The van der Waals surface area contributed by atoms with Crippen molar-refractivity contribution >= 4 is 39.7 Å². The molecule has 2 aromatic rings. The summed E-state index contributed by atoms with van der Waals surface area (Å²) in [7, 11) is 5.48. The van der Waals surface area contributed by atoms with Crippen LogP contribution < -0.4 is 20.7 Å². The fraction of sp³-hybridized carbons (Fsp3) is 0.286. The van der Waals surface area contributed by atoms with Gasteiger partial charge < -0.3 is 20.7 Å². The van der Waals surface area contributed by atoms with Gasteiger partial charge in [-0.25, -0.2) is 9.98 Å². The zero-order valence-electron chi connectivity index (χ0n) is 12.6. The Morgan fingerprint density at radius 1 is 1.50 bits per heavy atom. The van der Waals surface area contributed by atoms with Gasteiger partial charge in [0.25, 0.3) is 0 Å². The fourth-order valence-corrected chi connectivity index (χ4v) is 2.68. The molecule has 0 saturated heterocycles. The highest BCUT2D eigenvalue weighted by Crippen LogP contribution is 2.27. The Hall–Kier alpha value is -1.99. The van der Waals surface area contributed by atoms with E-state index in [1.165, 1.54) is 0 Å². The Morgan fingerprint density at radius 3 is 2.86 bits per heavy atom. The van der Waals surface area contributed by atoms with E-state index in [-0.39, 0.29) is 0 Å². The third-order valence-electron chi connectivity index (χ3n) is 2.76. The highest BCUT2D eigenvalue weighted by atomic mass is 35.5. The second-order valence-corrected chi connectivity index (χ2v) is 5.94. The minimum absolute atomic E-state index is 0.306. The number of ether oxygens (including phenoxy) is 1. The molecule has 3 N–H and O–H groups in total. The molecule has 0 unspecified atom stereocenters. The lowest BCUT2D eigenvalue weighted by molar-refractivity contribution is 0.415. The first-order chi connectivity index (χ1) is 10.5. The quantitative estimate of drug-likeness (QED) is 0.647. The average molecular weight is 340 g/mol. The summed E-state index contributed by atoms with van der Waals surface area (Å²) < 4.78 is 5.10. The van der Waals surface area contributed by atoms with Crippen LogP contribution in [0.25, 0.3) is 0 Å². The number of nitrogens with one attached hydrogen (secondary N) is 1. The number of benzene rings is 1. The number of aliphatic imine (C=N–C) groups is 1. The van der Waals surface area contributed by atoms with Crippen LogP contribution in [0.15, 0.2) is 28.6 Å². The van der Waals surface area contributed by atoms with Crippen molar-refractivity contribution in [2.45, 2.75) is 6.54 Å². The highest BCUT2D eigenvalue weighted by Gasteiger charge is 2.04. The summed E-state index contributed by atoms with van der Waals surface area (Å²) >= 11 is 7.63. The zero-order chi connectivity index (χ0) is 16.1. The molecule has 8 heteroatoms. The summed E-state index contributed by atoms with van der Waals surface area (Å²) in [4.78, 5) is 10.7.